The summed E-state index contributed by atoms with van der Waals surface area (Å²) in [6.07, 6.45) is 6.14. The molecule has 112 valence electrons. The number of aromatic nitrogens is 2. The lowest BCUT2D eigenvalue weighted by atomic mass is 9.93. The number of aromatic hydroxyl groups is 1. The summed E-state index contributed by atoms with van der Waals surface area (Å²) >= 11 is 0. The number of phenols is 1. The molecule has 0 saturated heterocycles. The highest BCUT2D eigenvalue weighted by Crippen LogP contribution is 2.48. The molecule has 0 amide bonds. The van der Waals surface area contributed by atoms with Crippen molar-refractivity contribution >= 4 is 0 Å². The number of H-pyrrole nitrogens is 1. The monoisotopic (exact) mass is 286 g/mol. The largest absolute Gasteiger partial charge is 0.507 e. The smallest absolute Gasteiger partial charge is 0.145 e. The molecule has 1 aromatic carbocycles. The molecule has 4 nitrogen and oxygen atoms in total. The minimum Gasteiger partial charge on any atom is -0.507 e. The van der Waals surface area contributed by atoms with Crippen molar-refractivity contribution in [1.82, 2.24) is 9.97 Å². The van der Waals surface area contributed by atoms with E-state index in [1.807, 2.05) is 26.0 Å². The van der Waals surface area contributed by atoms with Gasteiger partial charge in [-0.1, -0.05) is 19.8 Å². The molecule has 1 aliphatic heterocycles. The van der Waals surface area contributed by atoms with Crippen LogP contribution in [0.25, 0.3) is 11.3 Å². The fraction of sp³-hybridized carbons (Fsp3) is 0.471. The predicted octanol–water partition coefficient (Wildman–Crippen LogP) is 4.14. The van der Waals surface area contributed by atoms with Crippen molar-refractivity contribution in [3.8, 4) is 22.8 Å². The highest BCUT2D eigenvalue weighted by atomic mass is 16.5. The van der Waals surface area contributed by atoms with Gasteiger partial charge in [-0.05, 0) is 44.4 Å². The van der Waals surface area contributed by atoms with Gasteiger partial charge in [-0.2, -0.15) is 0 Å². The van der Waals surface area contributed by atoms with E-state index in [9.17, 15) is 5.11 Å². The lowest BCUT2D eigenvalue weighted by Crippen LogP contribution is -2.29. The molecular weight excluding hydrogens is 264 g/mol. The van der Waals surface area contributed by atoms with Gasteiger partial charge in [-0.15, -0.1) is 0 Å². The Morgan fingerprint density at radius 1 is 1.29 bits per heavy atom. The van der Waals surface area contributed by atoms with Crippen molar-refractivity contribution in [2.45, 2.75) is 52.1 Å². The van der Waals surface area contributed by atoms with Gasteiger partial charge in [0.15, 0.2) is 0 Å². The molecule has 21 heavy (non-hydrogen) atoms. The highest BCUT2D eigenvalue weighted by molar-refractivity contribution is 5.78. The van der Waals surface area contributed by atoms with Crippen LogP contribution in [0, 0.1) is 0 Å². The number of aromatic amines is 1. The van der Waals surface area contributed by atoms with Crippen LogP contribution in [0.2, 0.25) is 0 Å². The fourth-order valence-electron chi connectivity index (χ4n) is 2.97. The Bertz CT molecular complexity index is 659. The average Bonchev–Trinajstić information content (AvgIpc) is 2.88. The molecule has 0 atom stereocenters. The SMILES string of the molecule is CCCCCc1cc(O)c2c(c1)OC(C)(C)c1[nH]cnc1-2. The number of nitrogens with zero attached hydrogens (tertiary/aromatic N) is 1. The second-order valence-corrected chi connectivity index (χ2v) is 6.18. The minimum atomic E-state index is -0.465. The van der Waals surface area contributed by atoms with Crippen molar-refractivity contribution < 1.29 is 9.84 Å². The highest BCUT2D eigenvalue weighted by Gasteiger charge is 2.36. The maximum Gasteiger partial charge on any atom is 0.145 e. The van der Waals surface area contributed by atoms with E-state index in [4.69, 9.17) is 4.74 Å². The van der Waals surface area contributed by atoms with Crippen LogP contribution >= 0.6 is 0 Å². The molecule has 4 heteroatoms. The Kier molecular flexibility index (Phi) is 3.40. The molecule has 0 radical (unpaired) electrons. The van der Waals surface area contributed by atoms with E-state index in [1.54, 1.807) is 6.33 Å². The third-order valence-electron chi connectivity index (χ3n) is 4.05. The Morgan fingerprint density at radius 3 is 2.86 bits per heavy atom. The molecule has 3 rings (SSSR count). The van der Waals surface area contributed by atoms with E-state index in [0.717, 1.165) is 35.5 Å². The summed E-state index contributed by atoms with van der Waals surface area (Å²) in [4.78, 5) is 7.49. The quantitative estimate of drug-likeness (QED) is 0.830. The number of unbranched alkanes of at least 4 members (excludes halogenated alkanes) is 2. The fourth-order valence-corrected chi connectivity index (χ4v) is 2.97. The second-order valence-electron chi connectivity index (χ2n) is 6.18. The molecule has 1 aromatic heterocycles. The Labute approximate surface area is 125 Å². The van der Waals surface area contributed by atoms with Crippen LogP contribution in [0.3, 0.4) is 0 Å². The first-order valence-electron chi connectivity index (χ1n) is 7.62. The standard InChI is InChI=1S/C17H22N2O2/c1-4-5-6-7-11-8-12(20)14-13(9-11)21-17(2,3)16-15(14)18-10-19-16/h8-10,20H,4-7H2,1-3H3,(H,18,19). The third-order valence-corrected chi connectivity index (χ3v) is 4.05. The lowest BCUT2D eigenvalue weighted by Gasteiger charge is -2.32. The zero-order chi connectivity index (χ0) is 15.0. The molecule has 1 aliphatic rings. The molecule has 2 heterocycles. The van der Waals surface area contributed by atoms with Crippen LogP contribution in [0.5, 0.6) is 11.5 Å². The van der Waals surface area contributed by atoms with Gasteiger partial charge >= 0.3 is 0 Å². The molecule has 0 aliphatic carbocycles. The lowest BCUT2D eigenvalue weighted by molar-refractivity contribution is 0.101. The van der Waals surface area contributed by atoms with Crippen LogP contribution in [-0.4, -0.2) is 15.1 Å². The number of hydrogen-bond acceptors (Lipinski definition) is 3. The molecule has 0 unspecified atom stereocenters. The molecule has 2 N–H and O–H groups in total. The third kappa shape index (κ3) is 2.39. The van der Waals surface area contributed by atoms with E-state index in [2.05, 4.69) is 16.9 Å². The number of aryl methyl sites for hydroxylation is 1. The molecule has 0 bridgehead atoms. The maximum absolute atomic E-state index is 10.4. The number of benzene rings is 1. The van der Waals surface area contributed by atoms with Gasteiger partial charge in [0, 0.05) is 0 Å². The van der Waals surface area contributed by atoms with Crippen LogP contribution in [0.1, 0.15) is 51.3 Å². The maximum atomic E-state index is 10.4. The number of imidazole rings is 1. The van der Waals surface area contributed by atoms with Crippen molar-refractivity contribution in [3.05, 3.63) is 29.7 Å². The van der Waals surface area contributed by atoms with Crippen molar-refractivity contribution in [3.63, 3.8) is 0 Å². The number of nitrogens with one attached hydrogen (secondary N) is 1. The van der Waals surface area contributed by atoms with Gasteiger partial charge in [-0.3, -0.25) is 0 Å². The molecule has 0 saturated carbocycles. The van der Waals surface area contributed by atoms with E-state index >= 15 is 0 Å². The molecule has 0 spiro atoms. The van der Waals surface area contributed by atoms with Gasteiger partial charge in [0.25, 0.3) is 0 Å². The first-order chi connectivity index (χ1) is 10.0. The number of rotatable bonds is 4. The van der Waals surface area contributed by atoms with E-state index in [-0.39, 0.29) is 5.75 Å². The van der Waals surface area contributed by atoms with Gasteiger partial charge in [0.2, 0.25) is 0 Å². The van der Waals surface area contributed by atoms with Gasteiger partial charge in [0.1, 0.15) is 22.8 Å². The van der Waals surface area contributed by atoms with E-state index in [1.165, 1.54) is 12.8 Å². The number of hydrogen-bond donors (Lipinski definition) is 2. The van der Waals surface area contributed by atoms with Gasteiger partial charge in [-0.25, -0.2) is 4.98 Å². The summed E-state index contributed by atoms with van der Waals surface area (Å²) in [5.41, 5.74) is 3.05. The average molecular weight is 286 g/mol. The first-order valence-corrected chi connectivity index (χ1v) is 7.62. The van der Waals surface area contributed by atoms with Gasteiger partial charge in [0.05, 0.1) is 17.6 Å². The minimum absolute atomic E-state index is 0.253. The van der Waals surface area contributed by atoms with Crippen LogP contribution in [-0.2, 0) is 12.0 Å². The van der Waals surface area contributed by atoms with Crippen LogP contribution < -0.4 is 4.74 Å². The van der Waals surface area contributed by atoms with E-state index < -0.39 is 5.60 Å². The topological polar surface area (TPSA) is 58.1 Å². The zero-order valence-corrected chi connectivity index (χ0v) is 12.9. The number of ether oxygens (including phenoxy) is 1. The summed E-state index contributed by atoms with van der Waals surface area (Å²) < 4.78 is 6.10. The number of fused-ring (bicyclic) bond motifs is 3. The Hall–Kier alpha value is -1.97. The van der Waals surface area contributed by atoms with Crippen LogP contribution in [0.4, 0.5) is 0 Å². The zero-order valence-electron chi connectivity index (χ0n) is 12.9. The normalized spacial score (nSPS) is 15.2. The summed E-state index contributed by atoms with van der Waals surface area (Å²) in [7, 11) is 0. The van der Waals surface area contributed by atoms with Gasteiger partial charge < -0.3 is 14.8 Å². The number of phenolic OH excluding ortho intramolecular Hbond substituents is 1. The Morgan fingerprint density at radius 2 is 2.10 bits per heavy atom. The van der Waals surface area contributed by atoms with Crippen molar-refractivity contribution in [2.75, 3.05) is 0 Å². The molecule has 0 fully saturated rings. The predicted molar refractivity (Wildman–Crippen MR) is 82.6 cm³/mol. The summed E-state index contributed by atoms with van der Waals surface area (Å²) in [6, 6.07) is 3.89. The second kappa shape index (κ2) is 5.10. The van der Waals surface area contributed by atoms with Crippen molar-refractivity contribution in [2.24, 2.45) is 0 Å². The molecular formula is C17H22N2O2. The summed E-state index contributed by atoms with van der Waals surface area (Å²) in [5.74, 6) is 0.981. The first kappa shape index (κ1) is 14.0. The van der Waals surface area contributed by atoms with E-state index in [0.29, 0.717) is 5.56 Å². The van der Waals surface area contributed by atoms with Crippen molar-refractivity contribution in [1.29, 1.82) is 0 Å². The Balaban J connectivity index is 2.02. The molecule has 2 aromatic rings. The van der Waals surface area contributed by atoms with Crippen LogP contribution in [0.15, 0.2) is 18.5 Å². The summed E-state index contributed by atoms with van der Waals surface area (Å²) in [6.45, 7) is 6.20. The summed E-state index contributed by atoms with van der Waals surface area (Å²) in [5, 5.41) is 10.4.